The Labute approximate surface area is 150 Å². The van der Waals surface area contributed by atoms with E-state index < -0.39 is 27.8 Å². The normalized spacial score (nSPS) is 11.5. The van der Waals surface area contributed by atoms with Gasteiger partial charge in [-0.2, -0.15) is 0 Å². The fourth-order valence-electron chi connectivity index (χ4n) is 2.25. The van der Waals surface area contributed by atoms with Crippen molar-refractivity contribution in [2.24, 2.45) is 0 Å². The predicted molar refractivity (Wildman–Crippen MR) is 89.1 cm³/mol. The minimum Gasteiger partial charge on any atom is -0.481 e. The van der Waals surface area contributed by atoms with E-state index in [1.807, 2.05) is 0 Å². The zero-order chi connectivity index (χ0) is 18.1. The Morgan fingerprint density at radius 1 is 1.25 bits per heavy atom. The molecule has 0 aliphatic carbocycles. The average molecular weight is 394 g/mol. The van der Waals surface area contributed by atoms with Gasteiger partial charge in [-0.1, -0.05) is 34.8 Å². The highest BCUT2D eigenvalue weighted by Crippen LogP contribution is 2.33. The average Bonchev–Trinajstić information content (AvgIpc) is 2.40. The first-order chi connectivity index (χ1) is 11.1. The number of benzene rings is 1. The summed E-state index contributed by atoms with van der Waals surface area (Å²) in [6.07, 6.45) is -0.755. The number of alkyl halides is 3. The second kappa shape index (κ2) is 7.01. The smallest absolute Gasteiger partial charge is 0.339 e. The number of carbonyl (C=O) groups is 2. The Balaban J connectivity index is 2.69. The molecule has 1 heterocycles. The highest BCUT2D eigenvalue weighted by molar-refractivity contribution is 6.67. The molecule has 0 amide bonds. The van der Waals surface area contributed by atoms with E-state index in [1.54, 1.807) is 0 Å². The van der Waals surface area contributed by atoms with Gasteiger partial charge in [0, 0.05) is 30.4 Å². The van der Waals surface area contributed by atoms with Gasteiger partial charge in [-0.25, -0.2) is 4.79 Å². The van der Waals surface area contributed by atoms with E-state index in [-0.39, 0.29) is 28.9 Å². The first kappa shape index (κ1) is 18.6. The van der Waals surface area contributed by atoms with Crippen molar-refractivity contribution in [1.82, 2.24) is 0 Å². The van der Waals surface area contributed by atoms with E-state index in [0.717, 1.165) is 0 Å². The van der Waals surface area contributed by atoms with E-state index in [1.165, 1.54) is 25.1 Å². The molecule has 0 aliphatic heterocycles. The first-order valence-electron chi connectivity index (χ1n) is 6.62. The number of carboxylic acid groups (broad SMARTS) is 1. The lowest BCUT2D eigenvalue weighted by Gasteiger charge is -2.14. The lowest BCUT2D eigenvalue weighted by molar-refractivity contribution is -0.136. The number of hydrogen-bond acceptors (Lipinski definition) is 5. The summed E-state index contributed by atoms with van der Waals surface area (Å²) in [6.45, 7) is 1.22. The van der Waals surface area contributed by atoms with Crippen LogP contribution < -0.4 is 10.4 Å². The molecule has 6 nitrogen and oxygen atoms in total. The topological polar surface area (TPSA) is 93.8 Å². The van der Waals surface area contributed by atoms with Gasteiger partial charge in [-0.05, 0) is 17.7 Å². The molecule has 0 atom stereocenters. The summed E-state index contributed by atoms with van der Waals surface area (Å²) in [5.74, 6) is -1.54. The third-order valence-corrected chi connectivity index (χ3v) is 3.46. The molecule has 2 aromatic rings. The SMILES string of the molecule is CC(=O)Oc1ccc2c(CC(=O)O)c(CC(Cl)(Cl)Cl)c(=O)oc2c1. The van der Waals surface area contributed by atoms with Crippen LogP contribution in [0.25, 0.3) is 11.0 Å². The summed E-state index contributed by atoms with van der Waals surface area (Å²) in [7, 11) is 0. The molecule has 0 unspecified atom stereocenters. The number of esters is 1. The molecule has 0 spiro atoms. The van der Waals surface area contributed by atoms with Gasteiger partial charge >= 0.3 is 17.6 Å². The van der Waals surface area contributed by atoms with Crippen molar-refractivity contribution in [3.63, 3.8) is 0 Å². The number of aliphatic carboxylic acids is 1. The van der Waals surface area contributed by atoms with Crippen LogP contribution in [-0.2, 0) is 22.4 Å². The molecule has 1 aromatic heterocycles. The van der Waals surface area contributed by atoms with Crippen LogP contribution in [0, 0.1) is 0 Å². The zero-order valence-electron chi connectivity index (χ0n) is 12.3. The summed E-state index contributed by atoms with van der Waals surface area (Å²) in [5, 5.41) is 9.47. The number of carboxylic acids is 1. The Morgan fingerprint density at radius 2 is 1.92 bits per heavy atom. The minimum atomic E-state index is -1.78. The van der Waals surface area contributed by atoms with Crippen LogP contribution in [0.1, 0.15) is 18.1 Å². The minimum absolute atomic E-state index is 0.0230. The molecule has 0 bridgehead atoms. The van der Waals surface area contributed by atoms with Crippen LogP contribution in [0.4, 0.5) is 0 Å². The molecule has 0 aliphatic rings. The monoisotopic (exact) mass is 392 g/mol. The second-order valence-corrected chi connectivity index (χ2v) is 7.48. The van der Waals surface area contributed by atoms with E-state index in [4.69, 9.17) is 49.1 Å². The Bertz CT molecular complexity index is 866. The van der Waals surface area contributed by atoms with Crippen molar-refractivity contribution in [1.29, 1.82) is 0 Å². The van der Waals surface area contributed by atoms with Gasteiger partial charge in [0.2, 0.25) is 0 Å². The maximum Gasteiger partial charge on any atom is 0.339 e. The van der Waals surface area contributed by atoms with Gasteiger partial charge < -0.3 is 14.3 Å². The Hall–Kier alpha value is -1.76. The number of halogens is 3. The van der Waals surface area contributed by atoms with Crippen LogP contribution in [0.5, 0.6) is 5.75 Å². The van der Waals surface area contributed by atoms with Crippen molar-refractivity contribution in [2.75, 3.05) is 0 Å². The van der Waals surface area contributed by atoms with Crippen molar-refractivity contribution < 1.29 is 23.8 Å². The lowest BCUT2D eigenvalue weighted by atomic mass is 9.99. The highest BCUT2D eigenvalue weighted by atomic mass is 35.6. The molecular formula is C15H11Cl3O6. The van der Waals surface area contributed by atoms with Crippen molar-refractivity contribution >= 4 is 57.7 Å². The molecule has 9 heteroatoms. The lowest BCUT2D eigenvalue weighted by Crippen LogP contribution is -2.20. The molecule has 2 rings (SSSR count). The van der Waals surface area contributed by atoms with Crippen LogP contribution in [0.15, 0.2) is 27.4 Å². The molecule has 0 radical (unpaired) electrons. The second-order valence-electron chi connectivity index (χ2n) is 4.96. The van der Waals surface area contributed by atoms with E-state index in [9.17, 15) is 14.4 Å². The number of rotatable bonds is 4. The summed E-state index contributed by atoms with van der Waals surface area (Å²) in [4.78, 5) is 34.4. The van der Waals surface area contributed by atoms with Gasteiger partial charge in [0.05, 0.1) is 6.42 Å². The van der Waals surface area contributed by atoms with Gasteiger partial charge in [-0.3, -0.25) is 9.59 Å². The van der Waals surface area contributed by atoms with Crippen LogP contribution in [-0.4, -0.2) is 20.8 Å². The van der Waals surface area contributed by atoms with Crippen LogP contribution in [0.3, 0.4) is 0 Å². The maximum absolute atomic E-state index is 12.2. The fraction of sp³-hybridized carbons (Fsp3) is 0.267. The van der Waals surface area contributed by atoms with Gasteiger partial charge in [0.15, 0.2) is 3.79 Å². The number of fused-ring (bicyclic) bond motifs is 1. The molecule has 1 aromatic carbocycles. The maximum atomic E-state index is 12.2. The largest absolute Gasteiger partial charge is 0.481 e. The van der Waals surface area contributed by atoms with E-state index in [2.05, 4.69) is 0 Å². The number of ether oxygens (including phenoxy) is 1. The first-order valence-corrected chi connectivity index (χ1v) is 7.76. The van der Waals surface area contributed by atoms with Crippen LogP contribution in [0.2, 0.25) is 0 Å². The molecule has 1 N–H and O–H groups in total. The van der Waals surface area contributed by atoms with Crippen LogP contribution >= 0.6 is 34.8 Å². The number of carbonyl (C=O) groups excluding carboxylic acids is 1. The van der Waals surface area contributed by atoms with Crippen molar-refractivity contribution in [3.05, 3.63) is 39.7 Å². The zero-order valence-corrected chi connectivity index (χ0v) is 14.5. The Morgan fingerprint density at radius 3 is 2.46 bits per heavy atom. The summed E-state index contributed by atoms with van der Waals surface area (Å²) >= 11 is 17.2. The van der Waals surface area contributed by atoms with E-state index in [0.29, 0.717) is 5.39 Å². The highest BCUT2D eigenvalue weighted by Gasteiger charge is 2.27. The number of hydrogen-bond donors (Lipinski definition) is 1. The van der Waals surface area contributed by atoms with Crippen molar-refractivity contribution in [3.8, 4) is 5.75 Å². The molecule has 0 saturated carbocycles. The fourth-order valence-corrected chi connectivity index (χ4v) is 2.65. The molecular weight excluding hydrogens is 383 g/mol. The molecule has 0 fully saturated rings. The standard InChI is InChI=1S/C15H11Cl3O6/c1-7(19)23-8-2-3-9-10(5-13(20)21)11(6-15(16,17)18)14(22)24-12(9)4-8/h2-4H,5-6H2,1H3,(H,20,21). The Kier molecular flexibility index (Phi) is 5.42. The van der Waals surface area contributed by atoms with Gasteiger partial charge in [-0.15, -0.1) is 0 Å². The molecule has 24 heavy (non-hydrogen) atoms. The molecule has 128 valence electrons. The summed E-state index contributed by atoms with van der Waals surface area (Å²) in [5.41, 5.74) is -0.576. The van der Waals surface area contributed by atoms with Crippen molar-refractivity contribution in [2.45, 2.75) is 23.6 Å². The van der Waals surface area contributed by atoms with Gasteiger partial charge in [0.25, 0.3) is 0 Å². The molecule has 0 saturated heterocycles. The predicted octanol–water partition coefficient (Wildman–Crippen LogP) is 3.26. The summed E-state index contributed by atoms with van der Waals surface area (Å²) in [6, 6.07) is 4.26. The van der Waals surface area contributed by atoms with Gasteiger partial charge in [0.1, 0.15) is 11.3 Å². The third-order valence-electron chi connectivity index (χ3n) is 3.06. The quantitative estimate of drug-likeness (QED) is 0.371. The third kappa shape index (κ3) is 4.63. The van der Waals surface area contributed by atoms with E-state index >= 15 is 0 Å². The summed E-state index contributed by atoms with van der Waals surface area (Å²) < 4.78 is 8.30.